The topological polar surface area (TPSA) is 9.23 Å². The van der Waals surface area contributed by atoms with Gasteiger partial charge in [-0.25, -0.2) is 0 Å². The van der Waals surface area contributed by atoms with Crippen LogP contribution >= 0.6 is 0 Å². The second kappa shape index (κ2) is 5.89. The number of rotatable bonds is 4. The molecule has 0 saturated heterocycles. The van der Waals surface area contributed by atoms with Gasteiger partial charge in [0.05, 0.1) is 6.61 Å². The first-order valence-electron chi connectivity index (χ1n) is 8.29. The van der Waals surface area contributed by atoms with Gasteiger partial charge in [0.1, 0.15) is 0 Å². The first-order valence-corrected chi connectivity index (χ1v) is 8.29. The van der Waals surface area contributed by atoms with Gasteiger partial charge in [-0.2, -0.15) is 0 Å². The summed E-state index contributed by atoms with van der Waals surface area (Å²) < 4.78 is 5.50. The van der Waals surface area contributed by atoms with E-state index in [9.17, 15) is 0 Å². The molecule has 0 amide bonds. The SMILES string of the molecule is COCc1c(C(C)C)ccc2c1Cc1ccc(C(C)C)cc1-2. The molecule has 0 saturated carbocycles. The Morgan fingerprint density at radius 1 is 0.955 bits per heavy atom. The van der Waals surface area contributed by atoms with E-state index in [0.717, 1.165) is 6.42 Å². The number of hydrogen-bond acceptors (Lipinski definition) is 1. The van der Waals surface area contributed by atoms with E-state index in [1.54, 1.807) is 7.11 Å². The largest absolute Gasteiger partial charge is 0.380 e. The zero-order valence-corrected chi connectivity index (χ0v) is 14.4. The Labute approximate surface area is 134 Å². The summed E-state index contributed by atoms with van der Waals surface area (Å²) in [5, 5.41) is 0. The van der Waals surface area contributed by atoms with Crippen LogP contribution in [0.2, 0.25) is 0 Å². The molecule has 0 spiro atoms. The zero-order chi connectivity index (χ0) is 15.9. The van der Waals surface area contributed by atoms with Crippen LogP contribution in [0, 0.1) is 0 Å². The van der Waals surface area contributed by atoms with Gasteiger partial charge in [-0.05, 0) is 57.2 Å². The molecule has 0 aliphatic heterocycles. The predicted molar refractivity (Wildman–Crippen MR) is 93.6 cm³/mol. The van der Waals surface area contributed by atoms with Crippen molar-refractivity contribution in [3.63, 3.8) is 0 Å². The Balaban J connectivity index is 2.15. The molecular formula is C21H26O. The number of benzene rings is 2. The molecule has 0 unspecified atom stereocenters. The van der Waals surface area contributed by atoms with E-state index >= 15 is 0 Å². The van der Waals surface area contributed by atoms with Crippen LogP contribution in [0.3, 0.4) is 0 Å². The van der Waals surface area contributed by atoms with Gasteiger partial charge in [0.2, 0.25) is 0 Å². The van der Waals surface area contributed by atoms with Crippen LogP contribution in [0.5, 0.6) is 0 Å². The molecule has 0 heterocycles. The van der Waals surface area contributed by atoms with Gasteiger partial charge in [0.25, 0.3) is 0 Å². The van der Waals surface area contributed by atoms with E-state index in [0.29, 0.717) is 18.4 Å². The summed E-state index contributed by atoms with van der Waals surface area (Å²) in [5.41, 5.74) is 10.0. The van der Waals surface area contributed by atoms with Crippen LogP contribution < -0.4 is 0 Å². The molecule has 2 aromatic carbocycles. The molecule has 22 heavy (non-hydrogen) atoms. The van der Waals surface area contributed by atoms with Gasteiger partial charge in [0, 0.05) is 7.11 Å². The molecule has 1 heteroatoms. The molecule has 0 N–H and O–H groups in total. The van der Waals surface area contributed by atoms with Gasteiger partial charge in [0.15, 0.2) is 0 Å². The van der Waals surface area contributed by atoms with Crippen molar-refractivity contribution >= 4 is 0 Å². The normalized spacial score (nSPS) is 12.9. The zero-order valence-electron chi connectivity index (χ0n) is 14.4. The number of methoxy groups -OCH3 is 1. The predicted octanol–water partition coefficient (Wildman–Crippen LogP) is 5.65. The number of fused-ring (bicyclic) bond motifs is 3. The quantitative estimate of drug-likeness (QED) is 0.604. The molecule has 1 aliphatic carbocycles. The molecule has 1 aliphatic rings. The molecule has 0 radical (unpaired) electrons. The van der Waals surface area contributed by atoms with Crippen molar-refractivity contribution in [3.05, 3.63) is 58.1 Å². The average molecular weight is 294 g/mol. The maximum absolute atomic E-state index is 5.50. The first kappa shape index (κ1) is 15.3. The summed E-state index contributed by atoms with van der Waals surface area (Å²) in [6.45, 7) is 9.76. The van der Waals surface area contributed by atoms with Gasteiger partial charge >= 0.3 is 0 Å². The monoisotopic (exact) mass is 294 g/mol. The summed E-state index contributed by atoms with van der Waals surface area (Å²) in [5.74, 6) is 1.10. The first-order chi connectivity index (χ1) is 10.5. The highest BCUT2D eigenvalue weighted by molar-refractivity contribution is 5.79. The fourth-order valence-corrected chi connectivity index (χ4v) is 3.57. The minimum Gasteiger partial charge on any atom is -0.380 e. The minimum atomic E-state index is 0.533. The Morgan fingerprint density at radius 2 is 1.73 bits per heavy atom. The molecule has 2 aromatic rings. The fraction of sp³-hybridized carbons (Fsp3) is 0.429. The summed E-state index contributed by atoms with van der Waals surface area (Å²) >= 11 is 0. The summed E-state index contributed by atoms with van der Waals surface area (Å²) in [6, 6.07) is 11.6. The third kappa shape index (κ3) is 2.48. The van der Waals surface area contributed by atoms with Crippen molar-refractivity contribution < 1.29 is 4.74 Å². The minimum absolute atomic E-state index is 0.533. The van der Waals surface area contributed by atoms with Crippen LogP contribution in [0.25, 0.3) is 11.1 Å². The number of ether oxygens (including phenoxy) is 1. The Hall–Kier alpha value is -1.60. The van der Waals surface area contributed by atoms with Crippen molar-refractivity contribution in [2.45, 2.75) is 52.6 Å². The average Bonchev–Trinajstić information content (AvgIpc) is 2.85. The van der Waals surface area contributed by atoms with Crippen LogP contribution in [0.4, 0.5) is 0 Å². The van der Waals surface area contributed by atoms with Crippen molar-refractivity contribution in [1.82, 2.24) is 0 Å². The van der Waals surface area contributed by atoms with Crippen LogP contribution in [-0.2, 0) is 17.8 Å². The van der Waals surface area contributed by atoms with E-state index in [2.05, 4.69) is 58.0 Å². The maximum atomic E-state index is 5.50. The van der Waals surface area contributed by atoms with Gasteiger partial charge < -0.3 is 4.74 Å². The molecule has 0 bridgehead atoms. The highest BCUT2D eigenvalue weighted by atomic mass is 16.5. The Morgan fingerprint density at radius 3 is 2.36 bits per heavy atom. The molecule has 0 fully saturated rings. The van der Waals surface area contributed by atoms with Gasteiger partial charge in [-0.3, -0.25) is 0 Å². The van der Waals surface area contributed by atoms with E-state index in [4.69, 9.17) is 4.74 Å². The highest BCUT2D eigenvalue weighted by Crippen LogP contribution is 2.42. The molecule has 0 atom stereocenters. The smallest absolute Gasteiger partial charge is 0.0718 e. The molecule has 116 valence electrons. The molecule has 0 aromatic heterocycles. The standard InChI is InChI=1S/C21H26O/c1-13(2)15-6-7-16-11-20-18(19(16)10-15)9-8-17(14(3)4)21(20)12-22-5/h6-10,13-14H,11-12H2,1-5H3. The number of hydrogen-bond donors (Lipinski definition) is 0. The Kier molecular flexibility index (Phi) is 4.10. The van der Waals surface area contributed by atoms with Crippen molar-refractivity contribution in [2.24, 2.45) is 0 Å². The van der Waals surface area contributed by atoms with Crippen molar-refractivity contribution in [2.75, 3.05) is 7.11 Å². The van der Waals surface area contributed by atoms with Crippen LogP contribution in [0.1, 0.15) is 67.3 Å². The lowest BCUT2D eigenvalue weighted by molar-refractivity contribution is 0.183. The van der Waals surface area contributed by atoms with Gasteiger partial charge in [-0.15, -0.1) is 0 Å². The molecular weight excluding hydrogens is 268 g/mol. The summed E-state index contributed by atoms with van der Waals surface area (Å²) in [7, 11) is 1.79. The second-order valence-corrected chi connectivity index (χ2v) is 7.00. The lowest BCUT2D eigenvalue weighted by Gasteiger charge is -2.17. The van der Waals surface area contributed by atoms with E-state index < -0.39 is 0 Å². The highest BCUT2D eigenvalue weighted by Gasteiger charge is 2.24. The summed E-state index contributed by atoms with van der Waals surface area (Å²) in [4.78, 5) is 0. The third-order valence-electron chi connectivity index (χ3n) is 4.84. The summed E-state index contributed by atoms with van der Waals surface area (Å²) in [6.07, 6.45) is 1.04. The fourth-order valence-electron chi connectivity index (χ4n) is 3.57. The maximum Gasteiger partial charge on any atom is 0.0718 e. The Bertz CT molecular complexity index is 695. The van der Waals surface area contributed by atoms with E-state index in [1.807, 2.05) is 0 Å². The molecule has 1 nitrogen and oxygen atoms in total. The van der Waals surface area contributed by atoms with Crippen LogP contribution in [0.15, 0.2) is 30.3 Å². The lowest BCUT2D eigenvalue weighted by atomic mass is 9.90. The lowest BCUT2D eigenvalue weighted by Crippen LogP contribution is -2.02. The van der Waals surface area contributed by atoms with E-state index in [1.165, 1.54) is 38.9 Å². The van der Waals surface area contributed by atoms with Gasteiger partial charge in [-0.1, -0.05) is 58.0 Å². The second-order valence-electron chi connectivity index (χ2n) is 7.00. The third-order valence-corrected chi connectivity index (χ3v) is 4.84. The van der Waals surface area contributed by atoms with Crippen molar-refractivity contribution in [1.29, 1.82) is 0 Å². The van der Waals surface area contributed by atoms with Crippen LogP contribution in [-0.4, -0.2) is 7.11 Å². The molecule has 3 rings (SSSR count). The van der Waals surface area contributed by atoms with Crippen molar-refractivity contribution in [3.8, 4) is 11.1 Å². The van der Waals surface area contributed by atoms with E-state index in [-0.39, 0.29) is 0 Å².